The van der Waals surface area contributed by atoms with E-state index >= 15 is 0 Å². The summed E-state index contributed by atoms with van der Waals surface area (Å²) in [6.45, 7) is 1.48. The normalized spacial score (nSPS) is 24.7. The third-order valence-electron chi connectivity index (χ3n) is 1.59. The van der Waals surface area contributed by atoms with Gasteiger partial charge in [-0.15, -0.1) is 0 Å². The van der Waals surface area contributed by atoms with E-state index < -0.39 is 5.66 Å². The van der Waals surface area contributed by atoms with Gasteiger partial charge in [0.25, 0.3) is 0 Å². The second-order valence-corrected chi connectivity index (χ2v) is 2.25. The zero-order valence-electron chi connectivity index (χ0n) is 5.22. The minimum absolute atomic E-state index is 0.0660. The van der Waals surface area contributed by atoms with Crippen LogP contribution in [0.3, 0.4) is 0 Å². The topological polar surface area (TPSA) is 64.5 Å². The predicted octanol–water partition coefficient (Wildman–Crippen LogP) is -2.14. The second kappa shape index (κ2) is 2.62. The summed E-state index contributed by atoms with van der Waals surface area (Å²) in [5, 5.41) is 23.4. The molecule has 1 rings (SSSR count). The molecule has 1 heterocycles. The summed E-state index contributed by atoms with van der Waals surface area (Å²) >= 11 is 0. The molecular formula is C5H12N2O2. The van der Waals surface area contributed by atoms with E-state index in [1.54, 1.807) is 0 Å². The number of hydrogen-bond donors (Lipinski definition) is 4. The van der Waals surface area contributed by atoms with Gasteiger partial charge in [-0.25, -0.2) is 0 Å². The highest BCUT2D eigenvalue weighted by Gasteiger charge is 2.30. The van der Waals surface area contributed by atoms with E-state index in [0.29, 0.717) is 0 Å². The van der Waals surface area contributed by atoms with E-state index in [2.05, 4.69) is 10.6 Å². The number of aliphatic hydroxyl groups is 2. The van der Waals surface area contributed by atoms with Crippen LogP contribution in [0.4, 0.5) is 0 Å². The van der Waals surface area contributed by atoms with Crippen LogP contribution >= 0.6 is 0 Å². The molecule has 0 spiro atoms. The highest BCUT2D eigenvalue weighted by atomic mass is 16.3. The van der Waals surface area contributed by atoms with Gasteiger partial charge in [0, 0.05) is 13.1 Å². The van der Waals surface area contributed by atoms with Gasteiger partial charge in [-0.3, -0.25) is 10.6 Å². The van der Waals surface area contributed by atoms with E-state index in [1.807, 2.05) is 0 Å². The smallest absolute Gasteiger partial charge is 0.116 e. The molecule has 0 radical (unpaired) electrons. The molecule has 4 heteroatoms. The van der Waals surface area contributed by atoms with Crippen molar-refractivity contribution in [2.24, 2.45) is 0 Å². The Bertz CT molecular complexity index is 85.0. The van der Waals surface area contributed by atoms with E-state index in [4.69, 9.17) is 10.2 Å². The third-order valence-corrected chi connectivity index (χ3v) is 1.59. The monoisotopic (exact) mass is 132 g/mol. The van der Waals surface area contributed by atoms with Gasteiger partial charge in [0.2, 0.25) is 0 Å². The van der Waals surface area contributed by atoms with Crippen LogP contribution in [0, 0.1) is 0 Å². The average molecular weight is 132 g/mol. The van der Waals surface area contributed by atoms with Gasteiger partial charge in [-0.2, -0.15) is 0 Å². The molecule has 0 atom stereocenters. The number of hydrogen-bond acceptors (Lipinski definition) is 4. The standard InChI is InChI=1S/C5H12N2O2/c8-3-5(4-9)6-1-2-7-5/h6-9H,1-4H2. The molecule has 1 aliphatic heterocycles. The molecule has 0 aromatic heterocycles. The quantitative estimate of drug-likeness (QED) is 0.346. The second-order valence-electron chi connectivity index (χ2n) is 2.25. The summed E-state index contributed by atoms with van der Waals surface area (Å²) in [7, 11) is 0. The Morgan fingerprint density at radius 3 is 1.78 bits per heavy atom. The van der Waals surface area contributed by atoms with Crippen molar-refractivity contribution < 1.29 is 10.2 Å². The lowest BCUT2D eigenvalue weighted by Gasteiger charge is -2.24. The fourth-order valence-electron chi connectivity index (χ4n) is 0.940. The van der Waals surface area contributed by atoms with Gasteiger partial charge in [0.05, 0.1) is 13.2 Å². The highest BCUT2D eigenvalue weighted by Crippen LogP contribution is 2.00. The van der Waals surface area contributed by atoms with E-state index in [0.717, 1.165) is 13.1 Å². The van der Waals surface area contributed by atoms with Crippen LogP contribution in [0.15, 0.2) is 0 Å². The highest BCUT2D eigenvalue weighted by molar-refractivity contribution is 4.89. The van der Waals surface area contributed by atoms with Gasteiger partial charge >= 0.3 is 0 Å². The molecule has 1 saturated heterocycles. The molecule has 4 N–H and O–H groups in total. The Morgan fingerprint density at radius 2 is 1.56 bits per heavy atom. The summed E-state index contributed by atoms with van der Waals surface area (Å²) in [5.74, 6) is 0. The molecule has 1 aliphatic rings. The molecule has 9 heavy (non-hydrogen) atoms. The maximum atomic E-state index is 8.73. The summed E-state index contributed by atoms with van der Waals surface area (Å²) in [6, 6.07) is 0. The molecule has 0 aliphatic carbocycles. The van der Waals surface area contributed by atoms with Crippen molar-refractivity contribution >= 4 is 0 Å². The Balaban J connectivity index is 2.45. The SMILES string of the molecule is OCC1(CO)NCCN1. The third kappa shape index (κ3) is 1.21. The van der Waals surface area contributed by atoms with E-state index in [1.165, 1.54) is 0 Å². The van der Waals surface area contributed by atoms with Gasteiger partial charge in [-0.1, -0.05) is 0 Å². The Labute approximate surface area is 53.9 Å². The number of rotatable bonds is 2. The van der Waals surface area contributed by atoms with Crippen LogP contribution in [-0.2, 0) is 0 Å². The number of aliphatic hydroxyl groups excluding tert-OH is 2. The minimum Gasteiger partial charge on any atom is -0.393 e. The number of nitrogens with one attached hydrogen (secondary N) is 2. The summed E-state index contributed by atoms with van der Waals surface area (Å²) in [5.41, 5.74) is -0.611. The molecule has 0 bridgehead atoms. The molecule has 0 aromatic carbocycles. The molecular weight excluding hydrogens is 120 g/mol. The first-order valence-corrected chi connectivity index (χ1v) is 3.05. The van der Waals surface area contributed by atoms with Gasteiger partial charge in [0.15, 0.2) is 0 Å². The van der Waals surface area contributed by atoms with Gasteiger partial charge in [-0.05, 0) is 0 Å². The molecule has 4 nitrogen and oxygen atoms in total. The first-order valence-electron chi connectivity index (χ1n) is 3.05. The van der Waals surface area contributed by atoms with E-state index in [9.17, 15) is 0 Å². The van der Waals surface area contributed by atoms with Crippen molar-refractivity contribution in [3.63, 3.8) is 0 Å². The van der Waals surface area contributed by atoms with Gasteiger partial charge in [0.1, 0.15) is 5.66 Å². The first-order chi connectivity index (χ1) is 4.33. The molecule has 1 fully saturated rings. The molecule has 0 saturated carbocycles. The Morgan fingerprint density at radius 1 is 1.11 bits per heavy atom. The Kier molecular flexibility index (Phi) is 2.02. The first kappa shape index (κ1) is 6.95. The van der Waals surface area contributed by atoms with Crippen LogP contribution in [0.1, 0.15) is 0 Å². The summed E-state index contributed by atoms with van der Waals surface area (Å²) in [4.78, 5) is 0. The minimum atomic E-state index is -0.611. The van der Waals surface area contributed by atoms with E-state index in [-0.39, 0.29) is 13.2 Å². The van der Waals surface area contributed by atoms with Crippen molar-refractivity contribution in [3.05, 3.63) is 0 Å². The van der Waals surface area contributed by atoms with Crippen LogP contribution in [0.25, 0.3) is 0 Å². The van der Waals surface area contributed by atoms with Crippen molar-refractivity contribution in [1.82, 2.24) is 10.6 Å². The average Bonchev–Trinajstić information content (AvgIpc) is 2.36. The zero-order chi connectivity index (χ0) is 6.74. The maximum absolute atomic E-state index is 8.73. The molecule has 0 amide bonds. The fraction of sp³-hybridized carbons (Fsp3) is 1.00. The van der Waals surface area contributed by atoms with Crippen molar-refractivity contribution in [3.8, 4) is 0 Å². The van der Waals surface area contributed by atoms with Gasteiger partial charge < -0.3 is 10.2 Å². The van der Waals surface area contributed by atoms with Crippen molar-refractivity contribution in [2.75, 3.05) is 26.3 Å². The predicted molar refractivity (Wildman–Crippen MR) is 32.9 cm³/mol. The molecule has 0 unspecified atom stereocenters. The van der Waals surface area contributed by atoms with Crippen molar-refractivity contribution in [1.29, 1.82) is 0 Å². The van der Waals surface area contributed by atoms with Crippen LogP contribution < -0.4 is 10.6 Å². The molecule has 0 aromatic rings. The lowest BCUT2D eigenvalue weighted by atomic mass is 10.2. The van der Waals surface area contributed by atoms with Crippen molar-refractivity contribution in [2.45, 2.75) is 5.66 Å². The fourth-order valence-corrected chi connectivity index (χ4v) is 0.940. The zero-order valence-corrected chi connectivity index (χ0v) is 5.22. The van der Waals surface area contributed by atoms with Crippen LogP contribution in [0.2, 0.25) is 0 Å². The Hall–Kier alpha value is -0.160. The van der Waals surface area contributed by atoms with Crippen LogP contribution in [0.5, 0.6) is 0 Å². The molecule has 54 valence electrons. The lowest BCUT2D eigenvalue weighted by Crippen LogP contribution is -2.55. The largest absolute Gasteiger partial charge is 0.393 e. The lowest BCUT2D eigenvalue weighted by molar-refractivity contribution is 0.0904. The van der Waals surface area contributed by atoms with Crippen LogP contribution in [-0.4, -0.2) is 42.2 Å². The summed E-state index contributed by atoms with van der Waals surface area (Å²) < 4.78 is 0. The summed E-state index contributed by atoms with van der Waals surface area (Å²) in [6.07, 6.45) is 0. The maximum Gasteiger partial charge on any atom is 0.116 e.